The summed E-state index contributed by atoms with van der Waals surface area (Å²) >= 11 is 0. The highest BCUT2D eigenvalue weighted by Crippen LogP contribution is 2.36. The van der Waals surface area contributed by atoms with E-state index in [1.54, 1.807) is 4.90 Å². The Balaban J connectivity index is 1.31. The van der Waals surface area contributed by atoms with Crippen molar-refractivity contribution in [1.29, 1.82) is 0 Å². The van der Waals surface area contributed by atoms with Gasteiger partial charge >= 0.3 is 6.18 Å². The van der Waals surface area contributed by atoms with E-state index in [-0.39, 0.29) is 46.5 Å². The largest absolute Gasteiger partial charge is 0.507 e. The van der Waals surface area contributed by atoms with Gasteiger partial charge in [-0.25, -0.2) is 9.97 Å². The molecule has 0 unspecified atom stereocenters. The predicted octanol–water partition coefficient (Wildman–Crippen LogP) is 2.44. The van der Waals surface area contributed by atoms with Crippen LogP contribution >= 0.6 is 0 Å². The summed E-state index contributed by atoms with van der Waals surface area (Å²) in [6, 6.07) is 4.13. The van der Waals surface area contributed by atoms with E-state index in [0.717, 1.165) is 6.26 Å². The fourth-order valence-electron chi connectivity index (χ4n) is 3.94. The molecule has 3 N–H and O–H groups in total. The van der Waals surface area contributed by atoms with Crippen LogP contribution in [0.5, 0.6) is 5.75 Å². The second kappa shape index (κ2) is 10.0. The molecule has 1 fully saturated rings. The summed E-state index contributed by atoms with van der Waals surface area (Å²) in [5, 5.41) is 18.9. The first-order valence-electron chi connectivity index (χ1n) is 11.3. The predicted molar refractivity (Wildman–Crippen MR) is 125 cm³/mol. The van der Waals surface area contributed by atoms with Crippen LogP contribution in [0.25, 0.3) is 16.9 Å². The lowest BCUT2D eigenvalue weighted by Crippen LogP contribution is -2.45. The minimum atomic E-state index is -4.72. The number of halogens is 3. The first-order valence-corrected chi connectivity index (χ1v) is 11.3. The number of carbonyl (C=O) groups is 2. The number of amides is 2. The normalized spacial score (nSPS) is 14.0. The second-order valence-corrected chi connectivity index (χ2v) is 8.22. The molecule has 5 rings (SSSR count). The molecule has 1 aromatic carbocycles. The first-order chi connectivity index (χ1) is 18.2. The molecule has 12 nitrogen and oxygen atoms in total. The van der Waals surface area contributed by atoms with Gasteiger partial charge in [-0.3, -0.25) is 14.0 Å². The van der Waals surface area contributed by atoms with Crippen LogP contribution in [-0.4, -0.2) is 74.2 Å². The van der Waals surface area contributed by atoms with Gasteiger partial charge in [0.15, 0.2) is 17.2 Å². The van der Waals surface area contributed by atoms with E-state index in [4.69, 9.17) is 4.74 Å². The highest BCUT2D eigenvalue weighted by molar-refractivity contribution is 5.99. The number of phenols is 1. The van der Waals surface area contributed by atoms with Crippen LogP contribution in [0.4, 0.5) is 24.7 Å². The summed E-state index contributed by atoms with van der Waals surface area (Å²) in [5.41, 5.74) is -0.917. The van der Waals surface area contributed by atoms with E-state index in [0.29, 0.717) is 32.0 Å². The summed E-state index contributed by atoms with van der Waals surface area (Å²) in [6.45, 7) is 1.54. The number of hydrogen-bond donors (Lipinski definition) is 3. The van der Waals surface area contributed by atoms with E-state index in [2.05, 4.69) is 30.3 Å². The van der Waals surface area contributed by atoms with E-state index < -0.39 is 17.8 Å². The molecule has 0 atom stereocenters. The Morgan fingerprint density at radius 1 is 1.16 bits per heavy atom. The molecule has 1 aliphatic heterocycles. The van der Waals surface area contributed by atoms with Crippen LogP contribution in [0.1, 0.15) is 16.1 Å². The van der Waals surface area contributed by atoms with Crippen LogP contribution in [-0.2, 0) is 15.7 Å². The summed E-state index contributed by atoms with van der Waals surface area (Å²) in [7, 11) is 0. The average Bonchev–Trinajstić information content (AvgIpc) is 3.55. The van der Waals surface area contributed by atoms with Crippen molar-refractivity contribution in [2.24, 2.45) is 0 Å². The quantitative estimate of drug-likeness (QED) is 0.341. The summed E-state index contributed by atoms with van der Waals surface area (Å²) in [6.07, 6.45) is 0.179. The number of fused-ring (bicyclic) bond motifs is 1. The summed E-state index contributed by atoms with van der Waals surface area (Å²) < 4.78 is 51.0. The summed E-state index contributed by atoms with van der Waals surface area (Å²) in [5.74, 6) is -1.08. The Bertz CT molecular complexity index is 1490. The van der Waals surface area contributed by atoms with Crippen LogP contribution in [0, 0.1) is 0 Å². The highest BCUT2D eigenvalue weighted by Gasteiger charge is 2.38. The molecule has 0 aliphatic carbocycles. The zero-order valence-corrected chi connectivity index (χ0v) is 19.5. The van der Waals surface area contributed by atoms with Gasteiger partial charge in [0.05, 0.1) is 42.8 Å². The molecule has 1 saturated heterocycles. The lowest BCUT2D eigenvalue weighted by atomic mass is 10.1. The van der Waals surface area contributed by atoms with Crippen LogP contribution in [0.2, 0.25) is 0 Å². The number of imidazole rings is 1. The maximum Gasteiger partial charge on any atom is 0.437 e. The number of alkyl halides is 3. The fourth-order valence-corrected chi connectivity index (χ4v) is 3.94. The molecule has 0 bridgehead atoms. The van der Waals surface area contributed by atoms with Gasteiger partial charge in [-0.05, 0) is 12.1 Å². The highest BCUT2D eigenvalue weighted by atomic mass is 19.4. The fraction of sp³-hybridized carbons (Fsp3) is 0.261. The van der Waals surface area contributed by atoms with Gasteiger partial charge < -0.3 is 29.9 Å². The Labute approximate surface area is 212 Å². The number of aromatic nitrogens is 4. The SMILES string of the molecule is O=C(NCC(=O)N1CCOCC1)c1ccc(Nc2nccn3c(-c4conc4C(F)(F)F)cnc23)cc1O. The monoisotopic (exact) mass is 531 g/mol. The number of benzene rings is 1. The number of ether oxygens (including phenoxy) is 1. The number of nitrogens with zero attached hydrogens (tertiary/aromatic N) is 5. The van der Waals surface area contributed by atoms with E-state index >= 15 is 0 Å². The molecule has 0 spiro atoms. The number of morpholine rings is 1. The number of anilines is 2. The number of nitrogens with one attached hydrogen (secondary N) is 2. The second-order valence-electron chi connectivity index (χ2n) is 8.22. The van der Waals surface area contributed by atoms with E-state index in [1.165, 1.54) is 41.2 Å². The van der Waals surface area contributed by atoms with Crippen LogP contribution in [0.3, 0.4) is 0 Å². The smallest absolute Gasteiger partial charge is 0.437 e. The van der Waals surface area contributed by atoms with Crippen molar-refractivity contribution in [2.75, 3.05) is 38.2 Å². The molecular weight excluding hydrogens is 511 g/mol. The molecule has 1 aliphatic rings. The van der Waals surface area contributed by atoms with Crippen molar-refractivity contribution >= 4 is 29.0 Å². The third-order valence-corrected chi connectivity index (χ3v) is 5.81. The van der Waals surface area contributed by atoms with Crippen molar-refractivity contribution in [3.8, 4) is 17.0 Å². The van der Waals surface area contributed by atoms with Gasteiger partial charge in [0.1, 0.15) is 12.0 Å². The molecule has 15 heteroatoms. The van der Waals surface area contributed by atoms with Crippen molar-refractivity contribution < 1.29 is 37.1 Å². The lowest BCUT2D eigenvalue weighted by Gasteiger charge is -2.26. The van der Waals surface area contributed by atoms with Gasteiger partial charge in [0, 0.05) is 37.2 Å². The maximum atomic E-state index is 13.3. The third-order valence-electron chi connectivity index (χ3n) is 5.81. The Morgan fingerprint density at radius 3 is 2.68 bits per heavy atom. The minimum absolute atomic E-state index is 0.0493. The Hall–Kier alpha value is -4.66. The van der Waals surface area contributed by atoms with Gasteiger partial charge in [0.2, 0.25) is 5.91 Å². The zero-order valence-electron chi connectivity index (χ0n) is 19.5. The average molecular weight is 531 g/mol. The van der Waals surface area contributed by atoms with Gasteiger partial charge in [-0.1, -0.05) is 5.16 Å². The number of rotatable bonds is 6. The van der Waals surface area contributed by atoms with Crippen LogP contribution in [0.15, 0.2) is 47.6 Å². The number of carbonyl (C=O) groups excluding carboxylic acids is 2. The van der Waals surface area contributed by atoms with Crippen molar-refractivity contribution in [3.63, 3.8) is 0 Å². The van der Waals surface area contributed by atoms with E-state index in [9.17, 15) is 27.9 Å². The van der Waals surface area contributed by atoms with Crippen molar-refractivity contribution in [3.05, 3.63) is 54.3 Å². The van der Waals surface area contributed by atoms with Gasteiger partial charge in [0.25, 0.3) is 5.91 Å². The topological polar surface area (TPSA) is 147 Å². The zero-order chi connectivity index (χ0) is 26.9. The van der Waals surface area contributed by atoms with Crippen LogP contribution < -0.4 is 10.6 Å². The molecule has 0 saturated carbocycles. The first kappa shape index (κ1) is 25.0. The van der Waals surface area contributed by atoms with Crippen molar-refractivity contribution in [2.45, 2.75) is 6.18 Å². The maximum absolute atomic E-state index is 13.3. The standard InChI is InChI=1S/C23H20F3N7O5/c24-23(25,26)19-15(12-38-31-19)16-10-28-21-20(27-3-4-33(16)21)30-13-1-2-14(17(34)9-13)22(36)29-11-18(35)32-5-7-37-8-6-32/h1-4,9-10,12,34H,5-8,11H2,(H,27,30)(H,29,36). The molecule has 2 amide bonds. The Morgan fingerprint density at radius 2 is 1.95 bits per heavy atom. The molecule has 198 valence electrons. The molecule has 4 heterocycles. The number of phenolic OH excluding ortho intramolecular Hbond substituents is 1. The molecule has 0 radical (unpaired) electrons. The van der Waals surface area contributed by atoms with Crippen molar-refractivity contribution in [1.82, 2.24) is 29.7 Å². The van der Waals surface area contributed by atoms with Gasteiger partial charge in [-0.15, -0.1) is 0 Å². The minimum Gasteiger partial charge on any atom is -0.507 e. The Kier molecular flexibility index (Phi) is 6.59. The number of hydrogen-bond acceptors (Lipinski definition) is 9. The molecular formula is C23H20F3N7O5. The lowest BCUT2D eigenvalue weighted by molar-refractivity contribution is -0.142. The molecule has 3 aromatic heterocycles. The van der Waals surface area contributed by atoms with E-state index in [1.807, 2.05) is 0 Å². The summed E-state index contributed by atoms with van der Waals surface area (Å²) in [4.78, 5) is 34.7. The van der Waals surface area contributed by atoms with Gasteiger partial charge in [-0.2, -0.15) is 13.2 Å². The third kappa shape index (κ3) is 4.95. The number of aromatic hydroxyl groups is 1. The molecule has 4 aromatic rings. The molecule has 38 heavy (non-hydrogen) atoms.